The molecule has 6 heteroatoms. The maximum atomic E-state index is 11.4. The third-order valence-electron chi connectivity index (χ3n) is 3.23. The van der Waals surface area contributed by atoms with E-state index in [2.05, 4.69) is 25.5 Å². The summed E-state index contributed by atoms with van der Waals surface area (Å²) in [5, 5.41) is 0.174. The third kappa shape index (κ3) is 3.38. The summed E-state index contributed by atoms with van der Waals surface area (Å²) in [5.41, 5.74) is 2.02. The van der Waals surface area contributed by atoms with Crippen molar-refractivity contribution in [2.24, 2.45) is 0 Å². The van der Waals surface area contributed by atoms with Crippen molar-refractivity contribution in [3.63, 3.8) is 0 Å². The lowest BCUT2D eigenvalue weighted by atomic mass is 10.3. The van der Waals surface area contributed by atoms with E-state index in [1.807, 2.05) is 25.1 Å². The summed E-state index contributed by atoms with van der Waals surface area (Å²) in [5.74, 6) is 1.25. The van der Waals surface area contributed by atoms with Gasteiger partial charge in [0.2, 0.25) is 0 Å². The quantitative estimate of drug-likeness (QED) is 0.759. The number of nitrogens with zero attached hydrogens (tertiary/aromatic N) is 2. The predicted octanol–water partition coefficient (Wildman–Crippen LogP) is 3.69. The second kappa shape index (κ2) is 6.37. The number of benzene rings is 1. The Hall–Kier alpha value is -0.390. The van der Waals surface area contributed by atoms with E-state index >= 15 is 0 Å². The van der Waals surface area contributed by atoms with E-state index in [1.165, 1.54) is 0 Å². The summed E-state index contributed by atoms with van der Waals surface area (Å²) in [6, 6.07) is 6.00. The van der Waals surface area contributed by atoms with Crippen LogP contribution >= 0.6 is 27.5 Å². The first-order valence-electron chi connectivity index (χ1n) is 6.05. The van der Waals surface area contributed by atoms with E-state index in [0.29, 0.717) is 5.88 Å². The molecule has 2 aromatic rings. The smallest absolute Gasteiger partial charge is 0.124 e. The van der Waals surface area contributed by atoms with Crippen molar-refractivity contribution in [2.75, 3.05) is 6.26 Å². The number of aryl methyl sites for hydroxylation is 1. The minimum absolute atomic E-state index is 0.174. The predicted molar refractivity (Wildman–Crippen MR) is 85.1 cm³/mol. The Morgan fingerprint density at radius 1 is 1.53 bits per heavy atom. The van der Waals surface area contributed by atoms with Gasteiger partial charge in [-0.05, 0) is 24.6 Å². The van der Waals surface area contributed by atoms with Crippen molar-refractivity contribution in [1.29, 1.82) is 0 Å². The highest BCUT2D eigenvalue weighted by molar-refractivity contribution is 9.10. The summed E-state index contributed by atoms with van der Waals surface area (Å²) in [7, 11) is -0.794. The van der Waals surface area contributed by atoms with E-state index in [0.717, 1.165) is 34.3 Å². The van der Waals surface area contributed by atoms with Crippen molar-refractivity contribution in [3.05, 3.63) is 28.5 Å². The van der Waals surface area contributed by atoms with Crippen LogP contribution in [0.2, 0.25) is 0 Å². The van der Waals surface area contributed by atoms with Gasteiger partial charge in [-0.25, -0.2) is 4.98 Å². The van der Waals surface area contributed by atoms with Gasteiger partial charge in [0.25, 0.3) is 0 Å². The number of halogens is 2. The van der Waals surface area contributed by atoms with Crippen molar-refractivity contribution < 1.29 is 4.21 Å². The molecule has 0 aliphatic rings. The van der Waals surface area contributed by atoms with Crippen LogP contribution in [0, 0.1) is 0 Å². The number of hydrogen-bond acceptors (Lipinski definition) is 2. The van der Waals surface area contributed by atoms with Gasteiger partial charge in [-0.3, -0.25) is 4.21 Å². The van der Waals surface area contributed by atoms with Crippen molar-refractivity contribution in [1.82, 2.24) is 9.55 Å². The van der Waals surface area contributed by atoms with Crippen LogP contribution < -0.4 is 0 Å². The average Bonchev–Trinajstić information content (AvgIpc) is 2.72. The molecule has 1 aromatic carbocycles. The number of aromatic nitrogens is 2. The number of fused-ring (bicyclic) bond motifs is 1. The van der Waals surface area contributed by atoms with E-state index in [4.69, 9.17) is 11.6 Å². The fourth-order valence-electron chi connectivity index (χ4n) is 1.97. The van der Waals surface area contributed by atoms with Gasteiger partial charge in [-0.1, -0.05) is 22.9 Å². The molecule has 0 aliphatic carbocycles. The van der Waals surface area contributed by atoms with Crippen LogP contribution in [-0.4, -0.2) is 25.3 Å². The van der Waals surface area contributed by atoms with Gasteiger partial charge in [0.15, 0.2) is 0 Å². The summed E-state index contributed by atoms with van der Waals surface area (Å²) in [4.78, 5) is 4.53. The Morgan fingerprint density at radius 3 is 2.89 bits per heavy atom. The molecule has 0 saturated carbocycles. The number of alkyl halides is 1. The standard InChI is InChI=1S/C13H16BrClN2OS/c1-9(19(2)18)5-6-17-12-7-10(14)3-4-11(12)16-13(17)8-15/h3-4,7,9H,5-6,8H2,1-2H3. The van der Waals surface area contributed by atoms with Gasteiger partial charge in [0.05, 0.1) is 16.9 Å². The van der Waals surface area contributed by atoms with Crippen LogP contribution in [-0.2, 0) is 23.2 Å². The van der Waals surface area contributed by atoms with E-state index in [9.17, 15) is 4.21 Å². The second-order valence-electron chi connectivity index (χ2n) is 4.54. The second-order valence-corrected chi connectivity index (χ2v) is 7.53. The summed E-state index contributed by atoms with van der Waals surface area (Å²) >= 11 is 9.44. The largest absolute Gasteiger partial charge is 0.327 e. The molecule has 0 saturated heterocycles. The molecule has 3 nitrogen and oxygen atoms in total. The molecule has 0 spiro atoms. The molecule has 0 radical (unpaired) electrons. The van der Waals surface area contributed by atoms with Gasteiger partial charge in [0, 0.05) is 33.3 Å². The van der Waals surface area contributed by atoms with Gasteiger partial charge in [0.1, 0.15) is 5.82 Å². The van der Waals surface area contributed by atoms with Crippen molar-refractivity contribution in [2.45, 2.75) is 31.0 Å². The van der Waals surface area contributed by atoms with Gasteiger partial charge in [-0.2, -0.15) is 0 Å². The first-order valence-corrected chi connectivity index (χ1v) is 9.00. The minimum atomic E-state index is -0.794. The Balaban J connectivity index is 2.34. The molecule has 1 aromatic heterocycles. The Morgan fingerprint density at radius 2 is 2.26 bits per heavy atom. The van der Waals surface area contributed by atoms with Crippen LogP contribution in [0.3, 0.4) is 0 Å². The van der Waals surface area contributed by atoms with Crippen LogP contribution in [0.1, 0.15) is 19.2 Å². The van der Waals surface area contributed by atoms with E-state index in [-0.39, 0.29) is 5.25 Å². The maximum Gasteiger partial charge on any atom is 0.124 e. The molecule has 0 aliphatic heterocycles. The molecular formula is C13H16BrClN2OS. The lowest BCUT2D eigenvalue weighted by Gasteiger charge is -2.11. The molecule has 1 heterocycles. The zero-order valence-corrected chi connectivity index (χ0v) is 14.1. The fourth-order valence-corrected chi connectivity index (χ4v) is 2.96. The topological polar surface area (TPSA) is 34.9 Å². The van der Waals surface area contributed by atoms with E-state index < -0.39 is 10.8 Å². The molecule has 2 rings (SSSR count). The number of imidazole rings is 1. The highest BCUT2D eigenvalue weighted by Crippen LogP contribution is 2.22. The van der Waals surface area contributed by atoms with Crippen LogP contribution in [0.5, 0.6) is 0 Å². The molecule has 0 amide bonds. The van der Waals surface area contributed by atoms with Gasteiger partial charge >= 0.3 is 0 Å². The highest BCUT2D eigenvalue weighted by atomic mass is 79.9. The minimum Gasteiger partial charge on any atom is -0.327 e. The van der Waals surface area contributed by atoms with Crippen molar-refractivity contribution >= 4 is 49.4 Å². The van der Waals surface area contributed by atoms with Gasteiger partial charge in [-0.15, -0.1) is 11.6 Å². The zero-order valence-electron chi connectivity index (χ0n) is 10.9. The Bertz CT molecular complexity index is 614. The SMILES string of the molecule is CC(CCn1c(CCl)nc2ccc(Br)cc21)S(C)=O. The molecule has 19 heavy (non-hydrogen) atoms. The molecule has 0 N–H and O–H groups in total. The fraction of sp³-hybridized carbons (Fsp3) is 0.462. The summed E-state index contributed by atoms with van der Waals surface area (Å²) < 4.78 is 14.6. The molecule has 2 unspecified atom stereocenters. The molecule has 104 valence electrons. The lowest BCUT2D eigenvalue weighted by molar-refractivity contribution is 0.617. The highest BCUT2D eigenvalue weighted by Gasteiger charge is 2.12. The monoisotopic (exact) mass is 362 g/mol. The first kappa shape index (κ1) is 15.0. The van der Waals surface area contributed by atoms with Crippen LogP contribution in [0.4, 0.5) is 0 Å². The van der Waals surface area contributed by atoms with Crippen LogP contribution in [0.15, 0.2) is 22.7 Å². The van der Waals surface area contributed by atoms with Gasteiger partial charge < -0.3 is 4.57 Å². The Labute approximate surface area is 128 Å². The number of rotatable bonds is 5. The van der Waals surface area contributed by atoms with Crippen molar-refractivity contribution in [3.8, 4) is 0 Å². The molecular weight excluding hydrogens is 348 g/mol. The molecule has 0 bridgehead atoms. The summed E-state index contributed by atoms with van der Waals surface area (Å²) in [6.45, 7) is 2.79. The third-order valence-corrected chi connectivity index (χ3v) is 5.34. The Kier molecular flexibility index (Phi) is 5.03. The normalized spacial score (nSPS) is 14.7. The average molecular weight is 364 g/mol. The number of hydrogen-bond donors (Lipinski definition) is 0. The maximum absolute atomic E-state index is 11.4. The zero-order chi connectivity index (χ0) is 14.0. The summed E-state index contributed by atoms with van der Waals surface area (Å²) in [6.07, 6.45) is 2.60. The lowest BCUT2D eigenvalue weighted by Crippen LogP contribution is -2.14. The molecule has 0 fully saturated rings. The van der Waals surface area contributed by atoms with Crippen LogP contribution in [0.25, 0.3) is 11.0 Å². The molecule has 2 atom stereocenters. The first-order chi connectivity index (χ1) is 9.02. The van der Waals surface area contributed by atoms with E-state index in [1.54, 1.807) is 6.26 Å².